The van der Waals surface area contributed by atoms with Crippen LogP contribution < -0.4 is 11.1 Å². The molecule has 37 heavy (non-hydrogen) atoms. The van der Waals surface area contributed by atoms with E-state index in [9.17, 15) is 18.0 Å². The highest BCUT2D eigenvalue weighted by molar-refractivity contribution is 5.90. The van der Waals surface area contributed by atoms with Crippen LogP contribution >= 0.6 is 0 Å². The molecule has 198 valence electrons. The molecule has 1 saturated carbocycles. The summed E-state index contributed by atoms with van der Waals surface area (Å²) in [5, 5.41) is 4.13. The molecule has 6 nitrogen and oxygen atoms in total. The Bertz CT molecular complexity index is 1310. The molecule has 0 radical (unpaired) electrons. The van der Waals surface area contributed by atoms with Crippen LogP contribution in [0.3, 0.4) is 0 Å². The van der Waals surface area contributed by atoms with Crippen molar-refractivity contribution in [2.75, 3.05) is 25.1 Å². The molecular formula is C28H34F3N5O. The summed E-state index contributed by atoms with van der Waals surface area (Å²) in [6.07, 6.45) is -0.937. The number of benzene rings is 2. The maximum absolute atomic E-state index is 13.3. The number of carbonyl (C=O) groups excluding carboxylic acids is 1. The molecule has 4 rings (SSSR count). The number of nitrogens with two attached hydrogens (primary N) is 1. The number of anilines is 2. The van der Waals surface area contributed by atoms with Crippen molar-refractivity contribution in [1.82, 2.24) is 14.9 Å². The van der Waals surface area contributed by atoms with Gasteiger partial charge in [0.25, 0.3) is 0 Å². The van der Waals surface area contributed by atoms with E-state index in [1.165, 1.54) is 5.56 Å². The van der Waals surface area contributed by atoms with E-state index in [1.54, 1.807) is 38.9 Å². The van der Waals surface area contributed by atoms with E-state index in [4.69, 9.17) is 5.73 Å². The Morgan fingerprint density at radius 3 is 2.35 bits per heavy atom. The van der Waals surface area contributed by atoms with Crippen LogP contribution in [-0.2, 0) is 11.0 Å². The van der Waals surface area contributed by atoms with E-state index in [0.717, 1.165) is 54.3 Å². The van der Waals surface area contributed by atoms with Crippen LogP contribution in [-0.4, -0.2) is 34.9 Å². The summed E-state index contributed by atoms with van der Waals surface area (Å²) in [4.78, 5) is 23.3. The zero-order chi connectivity index (χ0) is 27.1. The number of fused-ring (bicyclic) bond motifs is 1. The first-order chi connectivity index (χ1) is 17.3. The molecule has 1 aliphatic carbocycles. The zero-order valence-electron chi connectivity index (χ0n) is 21.9. The van der Waals surface area contributed by atoms with Gasteiger partial charge in [0.1, 0.15) is 11.6 Å². The third-order valence-corrected chi connectivity index (χ3v) is 7.31. The molecule has 2 aromatic carbocycles. The monoisotopic (exact) mass is 513 g/mol. The van der Waals surface area contributed by atoms with E-state index in [0.29, 0.717) is 23.1 Å². The largest absolute Gasteiger partial charge is 0.416 e. The number of amides is 1. The Labute approximate surface area is 215 Å². The molecule has 1 heterocycles. The standard InChI is InChI=1S/C28H34F3N5O/c1-15-10-25-24(14-23(15)18-6-8-19(9-7-18)27(37)36(4)5)26(35-17(3)34-25)33-16(2)20-11-21(28(29,30)31)13-22(32)12-20/h10-14,16,18-19H,6-9,32H2,1-5H3,(H,33,34,35)/t16-,18-,19-/m1/s1. The van der Waals surface area contributed by atoms with E-state index in [-0.39, 0.29) is 17.5 Å². The lowest BCUT2D eigenvalue weighted by molar-refractivity contribution is -0.137. The van der Waals surface area contributed by atoms with Gasteiger partial charge in [-0.3, -0.25) is 4.79 Å². The average Bonchev–Trinajstić information content (AvgIpc) is 2.82. The molecule has 3 aromatic rings. The molecule has 0 aliphatic heterocycles. The number of nitrogens with zero attached hydrogens (tertiary/aromatic N) is 3. The summed E-state index contributed by atoms with van der Waals surface area (Å²) in [7, 11) is 3.60. The van der Waals surface area contributed by atoms with Crippen molar-refractivity contribution in [3.05, 3.63) is 58.4 Å². The molecule has 9 heteroatoms. The van der Waals surface area contributed by atoms with Crippen molar-refractivity contribution in [1.29, 1.82) is 0 Å². The smallest absolute Gasteiger partial charge is 0.399 e. The summed E-state index contributed by atoms with van der Waals surface area (Å²) in [6.45, 7) is 5.66. The lowest BCUT2D eigenvalue weighted by Gasteiger charge is -2.30. The molecule has 1 aliphatic rings. The number of aryl methyl sites for hydroxylation is 2. The molecule has 0 unspecified atom stereocenters. The van der Waals surface area contributed by atoms with E-state index >= 15 is 0 Å². The van der Waals surface area contributed by atoms with Gasteiger partial charge in [-0.05, 0) is 99.4 Å². The zero-order valence-corrected chi connectivity index (χ0v) is 21.9. The Hall–Kier alpha value is -3.36. The summed E-state index contributed by atoms with van der Waals surface area (Å²) < 4.78 is 40.0. The van der Waals surface area contributed by atoms with Crippen LogP contribution in [0.4, 0.5) is 24.7 Å². The molecule has 1 aromatic heterocycles. The summed E-state index contributed by atoms with van der Waals surface area (Å²) >= 11 is 0. The van der Waals surface area contributed by atoms with Crippen molar-refractivity contribution in [3.8, 4) is 0 Å². The minimum Gasteiger partial charge on any atom is -0.399 e. The van der Waals surface area contributed by atoms with Crippen LogP contribution in [0.5, 0.6) is 0 Å². The van der Waals surface area contributed by atoms with Gasteiger partial charge in [0.15, 0.2) is 0 Å². The number of halogens is 3. The Kier molecular flexibility index (Phi) is 7.35. The quantitative estimate of drug-likeness (QED) is 0.387. The predicted molar refractivity (Wildman–Crippen MR) is 140 cm³/mol. The Morgan fingerprint density at radius 2 is 1.73 bits per heavy atom. The number of nitrogens with one attached hydrogen (secondary N) is 1. The SMILES string of the molecule is Cc1nc(N[C@H](C)c2cc(N)cc(C(F)(F)F)c2)c2cc([C@H]3CC[C@H](C(=O)N(C)C)CC3)c(C)cc2n1. The Balaban J connectivity index is 1.65. The van der Waals surface area contributed by atoms with Crippen LogP contribution in [0, 0.1) is 19.8 Å². The second-order valence-corrected chi connectivity index (χ2v) is 10.4. The molecule has 1 atom stereocenters. The fraction of sp³-hybridized carbons (Fsp3) is 0.464. The first-order valence-electron chi connectivity index (χ1n) is 12.6. The van der Waals surface area contributed by atoms with Gasteiger partial charge < -0.3 is 16.0 Å². The topological polar surface area (TPSA) is 84.1 Å². The molecule has 0 bridgehead atoms. The number of alkyl halides is 3. The van der Waals surface area contributed by atoms with Gasteiger partial charge in [0, 0.05) is 31.1 Å². The maximum Gasteiger partial charge on any atom is 0.416 e. The highest BCUT2D eigenvalue weighted by Crippen LogP contribution is 2.40. The number of aromatic nitrogens is 2. The minimum atomic E-state index is -4.48. The lowest BCUT2D eigenvalue weighted by atomic mass is 9.77. The molecule has 0 saturated heterocycles. The van der Waals surface area contributed by atoms with Crippen molar-refractivity contribution >= 4 is 28.3 Å². The van der Waals surface area contributed by atoms with Crippen molar-refractivity contribution < 1.29 is 18.0 Å². The molecule has 1 fully saturated rings. The number of rotatable bonds is 5. The van der Waals surface area contributed by atoms with Gasteiger partial charge in [0.05, 0.1) is 17.1 Å². The number of nitrogen functional groups attached to an aromatic ring is 1. The highest BCUT2D eigenvalue weighted by atomic mass is 19.4. The van der Waals surface area contributed by atoms with Gasteiger partial charge in [-0.1, -0.05) is 0 Å². The molecule has 0 spiro atoms. The van der Waals surface area contributed by atoms with Crippen LogP contribution in [0.2, 0.25) is 0 Å². The fourth-order valence-electron chi connectivity index (χ4n) is 5.36. The maximum atomic E-state index is 13.3. The predicted octanol–water partition coefficient (Wildman–Crippen LogP) is 6.38. The lowest BCUT2D eigenvalue weighted by Crippen LogP contribution is -2.32. The van der Waals surface area contributed by atoms with Gasteiger partial charge in [-0.15, -0.1) is 0 Å². The number of carbonyl (C=O) groups is 1. The van der Waals surface area contributed by atoms with Gasteiger partial charge in [-0.2, -0.15) is 13.2 Å². The molecule has 1 amide bonds. The third kappa shape index (κ3) is 5.81. The van der Waals surface area contributed by atoms with Crippen molar-refractivity contribution in [2.24, 2.45) is 5.92 Å². The van der Waals surface area contributed by atoms with Gasteiger partial charge in [0.2, 0.25) is 5.91 Å². The summed E-state index contributed by atoms with van der Waals surface area (Å²) in [6, 6.07) is 7.29. The second kappa shape index (κ2) is 10.2. The summed E-state index contributed by atoms with van der Waals surface area (Å²) in [5.74, 6) is 1.72. The summed E-state index contributed by atoms with van der Waals surface area (Å²) in [5.41, 5.74) is 8.62. The van der Waals surface area contributed by atoms with E-state index in [1.807, 2.05) is 0 Å². The van der Waals surface area contributed by atoms with Crippen LogP contribution in [0.25, 0.3) is 10.9 Å². The van der Waals surface area contributed by atoms with E-state index < -0.39 is 17.8 Å². The van der Waals surface area contributed by atoms with Gasteiger partial charge in [-0.25, -0.2) is 9.97 Å². The normalized spacial score (nSPS) is 19.0. The number of hydrogen-bond acceptors (Lipinski definition) is 5. The van der Waals surface area contributed by atoms with Crippen LogP contribution in [0.1, 0.15) is 72.6 Å². The average molecular weight is 514 g/mol. The van der Waals surface area contributed by atoms with Gasteiger partial charge >= 0.3 is 6.18 Å². The third-order valence-electron chi connectivity index (χ3n) is 7.31. The second-order valence-electron chi connectivity index (χ2n) is 10.4. The van der Waals surface area contributed by atoms with E-state index in [2.05, 4.69) is 34.3 Å². The van der Waals surface area contributed by atoms with Crippen LogP contribution in [0.15, 0.2) is 30.3 Å². The fourth-order valence-corrected chi connectivity index (χ4v) is 5.36. The van der Waals surface area contributed by atoms with Crippen molar-refractivity contribution in [3.63, 3.8) is 0 Å². The van der Waals surface area contributed by atoms with Crippen molar-refractivity contribution in [2.45, 2.75) is 64.6 Å². The highest BCUT2D eigenvalue weighted by Gasteiger charge is 2.32. The first-order valence-corrected chi connectivity index (χ1v) is 12.6. The Morgan fingerprint density at radius 1 is 1.05 bits per heavy atom. The first kappa shape index (κ1) is 26.7. The molecular weight excluding hydrogens is 479 g/mol. The molecule has 3 N–H and O–H groups in total. The minimum absolute atomic E-state index is 0.0588. The number of hydrogen-bond donors (Lipinski definition) is 2.